The summed E-state index contributed by atoms with van der Waals surface area (Å²) < 4.78 is 19.8. The minimum atomic E-state index is -0.213. The molecule has 0 radical (unpaired) electrons. The number of ether oxygens (including phenoxy) is 1. The Morgan fingerprint density at radius 1 is 1.47 bits per heavy atom. The van der Waals surface area contributed by atoms with Crippen molar-refractivity contribution in [2.45, 2.75) is 38.3 Å². The molecule has 0 aliphatic carbocycles. The number of halogens is 1. The summed E-state index contributed by atoms with van der Waals surface area (Å²) in [7, 11) is 1.72. The van der Waals surface area contributed by atoms with Gasteiger partial charge in [0.1, 0.15) is 5.82 Å². The molecule has 0 saturated carbocycles. The minimum absolute atomic E-state index is 0.179. The first-order valence-corrected chi connectivity index (χ1v) is 6.81. The van der Waals surface area contributed by atoms with Crippen molar-refractivity contribution in [3.05, 3.63) is 29.6 Å². The van der Waals surface area contributed by atoms with E-state index < -0.39 is 0 Å². The van der Waals surface area contributed by atoms with Crippen LogP contribution in [0.1, 0.15) is 38.3 Å². The Bertz CT molecular complexity index is 450. The van der Waals surface area contributed by atoms with Gasteiger partial charge in [0, 0.05) is 26.2 Å². The number of hydrogen-bond donors (Lipinski definition) is 1. The Labute approximate surface area is 114 Å². The van der Waals surface area contributed by atoms with E-state index in [1.165, 1.54) is 6.07 Å². The van der Waals surface area contributed by atoms with Crippen molar-refractivity contribution in [2.75, 3.05) is 25.1 Å². The monoisotopic (exact) mass is 266 g/mol. The topological polar surface area (TPSA) is 38.5 Å². The average Bonchev–Trinajstić information content (AvgIpc) is 2.38. The SMILES string of the molecule is COC1(C)CCCN(c2c(F)cccc2C(C)N)C1. The van der Waals surface area contributed by atoms with Crippen LogP contribution in [0.15, 0.2) is 18.2 Å². The molecule has 2 atom stereocenters. The average molecular weight is 266 g/mol. The molecule has 2 N–H and O–H groups in total. The Balaban J connectivity index is 2.36. The standard InChI is InChI=1S/C15H23FN2O/c1-11(17)12-6-4-7-13(16)14(12)18-9-5-8-15(2,10-18)19-3/h4,6-7,11H,5,8-10,17H2,1-3H3. The summed E-state index contributed by atoms with van der Waals surface area (Å²) >= 11 is 0. The predicted molar refractivity (Wildman–Crippen MR) is 75.9 cm³/mol. The van der Waals surface area contributed by atoms with E-state index in [1.807, 2.05) is 13.0 Å². The van der Waals surface area contributed by atoms with Crippen molar-refractivity contribution in [2.24, 2.45) is 5.73 Å². The van der Waals surface area contributed by atoms with Gasteiger partial charge in [-0.25, -0.2) is 4.39 Å². The Morgan fingerprint density at radius 2 is 2.21 bits per heavy atom. The molecule has 0 spiro atoms. The fourth-order valence-corrected chi connectivity index (χ4v) is 2.80. The second kappa shape index (κ2) is 5.47. The minimum Gasteiger partial charge on any atom is -0.377 e. The molecule has 2 rings (SSSR count). The quantitative estimate of drug-likeness (QED) is 0.914. The highest BCUT2D eigenvalue weighted by Gasteiger charge is 2.32. The van der Waals surface area contributed by atoms with E-state index in [0.717, 1.165) is 24.9 Å². The van der Waals surface area contributed by atoms with Crippen LogP contribution in [0.5, 0.6) is 0 Å². The normalized spacial score (nSPS) is 25.4. The van der Waals surface area contributed by atoms with Crippen LogP contribution in [0.25, 0.3) is 0 Å². The summed E-state index contributed by atoms with van der Waals surface area (Å²) in [5, 5.41) is 0. The third kappa shape index (κ3) is 2.90. The molecule has 3 nitrogen and oxygen atoms in total. The summed E-state index contributed by atoms with van der Waals surface area (Å²) in [6, 6.07) is 4.94. The Morgan fingerprint density at radius 3 is 2.84 bits per heavy atom. The van der Waals surface area contributed by atoms with Gasteiger partial charge in [-0.3, -0.25) is 0 Å². The number of para-hydroxylation sites is 1. The fourth-order valence-electron chi connectivity index (χ4n) is 2.80. The Kier molecular flexibility index (Phi) is 4.11. The van der Waals surface area contributed by atoms with Crippen LogP contribution in [0, 0.1) is 5.82 Å². The van der Waals surface area contributed by atoms with Crippen LogP contribution in [0.3, 0.4) is 0 Å². The van der Waals surface area contributed by atoms with Gasteiger partial charge in [0.2, 0.25) is 0 Å². The maximum absolute atomic E-state index is 14.2. The molecule has 106 valence electrons. The lowest BCUT2D eigenvalue weighted by atomic mass is 9.93. The Hall–Kier alpha value is -1.13. The lowest BCUT2D eigenvalue weighted by Crippen LogP contribution is -2.48. The highest BCUT2D eigenvalue weighted by Crippen LogP contribution is 2.33. The van der Waals surface area contributed by atoms with Gasteiger partial charge in [-0.1, -0.05) is 12.1 Å². The van der Waals surface area contributed by atoms with Gasteiger partial charge >= 0.3 is 0 Å². The van der Waals surface area contributed by atoms with Crippen molar-refractivity contribution in [3.63, 3.8) is 0 Å². The first-order chi connectivity index (χ1) is 8.97. The largest absolute Gasteiger partial charge is 0.377 e. The number of methoxy groups -OCH3 is 1. The van der Waals surface area contributed by atoms with E-state index in [0.29, 0.717) is 12.2 Å². The lowest BCUT2D eigenvalue weighted by molar-refractivity contribution is -0.00481. The lowest BCUT2D eigenvalue weighted by Gasteiger charge is -2.41. The summed E-state index contributed by atoms with van der Waals surface area (Å²) in [6.07, 6.45) is 2.00. The van der Waals surface area contributed by atoms with Gasteiger partial charge in [0.25, 0.3) is 0 Å². The van der Waals surface area contributed by atoms with Crippen molar-refractivity contribution in [1.82, 2.24) is 0 Å². The number of anilines is 1. The number of piperidine rings is 1. The van der Waals surface area contributed by atoms with Gasteiger partial charge in [0.15, 0.2) is 0 Å². The molecule has 2 unspecified atom stereocenters. The molecule has 1 heterocycles. The summed E-state index contributed by atoms with van der Waals surface area (Å²) in [5.41, 5.74) is 7.25. The van der Waals surface area contributed by atoms with E-state index in [1.54, 1.807) is 13.2 Å². The van der Waals surface area contributed by atoms with E-state index in [9.17, 15) is 4.39 Å². The molecular weight excluding hydrogens is 243 g/mol. The zero-order chi connectivity index (χ0) is 14.0. The third-order valence-electron chi connectivity index (χ3n) is 3.98. The number of nitrogens with zero attached hydrogens (tertiary/aromatic N) is 1. The van der Waals surface area contributed by atoms with Gasteiger partial charge in [0.05, 0.1) is 11.3 Å². The van der Waals surface area contributed by atoms with Crippen LogP contribution in [-0.2, 0) is 4.74 Å². The van der Waals surface area contributed by atoms with Crippen LogP contribution < -0.4 is 10.6 Å². The zero-order valence-corrected chi connectivity index (χ0v) is 11.9. The molecule has 1 fully saturated rings. The van der Waals surface area contributed by atoms with E-state index >= 15 is 0 Å². The molecule has 4 heteroatoms. The second-order valence-corrected chi connectivity index (χ2v) is 5.65. The number of benzene rings is 1. The first kappa shape index (κ1) is 14.3. The van der Waals surface area contributed by atoms with Crippen molar-refractivity contribution < 1.29 is 9.13 Å². The van der Waals surface area contributed by atoms with Crippen molar-refractivity contribution in [1.29, 1.82) is 0 Å². The maximum Gasteiger partial charge on any atom is 0.146 e. The van der Waals surface area contributed by atoms with Crippen LogP contribution in [0.4, 0.5) is 10.1 Å². The molecular formula is C15H23FN2O. The number of hydrogen-bond acceptors (Lipinski definition) is 3. The molecule has 0 amide bonds. The van der Waals surface area contributed by atoms with Gasteiger partial charge in [-0.05, 0) is 38.3 Å². The molecule has 1 aromatic carbocycles. The molecule has 1 aromatic rings. The van der Waals surface area contributed by atoms with Gasteiger partial charge in [-0.15, -0.1) is 0 Å². The molecule has 1 aliphatic rings. The van der Waals surface area contributed by atoms with Crippen molar-refractivity contribution in [3.8, 4) is 0 Å². The summed E-state index contributed by atoms with van der Waals surface area (Å²) in [4.78, 5) is 2.07. The van der Waals surface area contributed by atoms with Crippen molar-refractivity contribution >= 4 is 5.69 Å². The fraction of sp³-hybridized carbons (Fsp3) is 0.600. The number of rotatable bonds is 3. The summed E-state index contributed by atoms with van der Waals surface area (Å²) in [6.45, 7) is 5.51. The molecule has 1 aliphatic heterocycles. The van der Waals surface area contributed by atoms with Crippen LogP contribution in [0.2, 0.25) is 0 Å². The zero-order valence-electron chi connectivity index (χ0n) is 11.9. The highest BCUT2D eigenvalue weighted by atomic mass is 19.1. The van der Waals surface area contributed by atoms with Crippen LogP contribution in [-0.4, -0.2) is 25.8 Å². The number of nitrogens with two attached hydrogens (primary N) is 1. The highest BCUT2D eigenvalue weighted by molar-refractivity contribution is 5.56. The smallest absolute Gasteiger partial charge is 0.146 e. The third-order valence-corrected chi connectivity index (χ3v) is 3.98. The first-order valence-electron chi connectivity index (χ1n) is 6.81. The van der Waals surface area contributed by atoms with Gasteiger partial charge < -0.3 is 15.4 Å². The second-order valence-electron chi connectivity index (χ2n) is 5.65. The molecule has 19 heavy (non-hydrogen) atoms. The van der Waals surface area contributed by atoms with E-state index in [4.69, 9.17) is 10.5 Å². The predicted octanol–water partition coefficient (Wildman–Crippen LogP) is 2.85. The van der Waals surface area contributed by atoms with E-state index in [2.05, 4.69) is 11.8 Å². The van der Waals surface area contributed by atoms with Gasteiger partial charge in [-0.2, -0.15) is 0 Å². The molecule has 1 saturated heterocycles. The molecule has 0 aromatic heterocycles. The molecule has 0 bridgehead atoms. The van der Waals surface area contributed by atoms with Crippen LogP contribution >= 0.6 is 0 Å². The maximum atomic E-state index is 14.2. The summed E-state index contributed by atoms with van der Waals surface area (Å²) in [5.74, 6) is -0.199. The van der Waals surface area contributed by atoms with E-state index in [-0.39, 0.29) is 17.5 Å².